The third-order valence-corrected chi connectivity index (χ3v) is 9.50. The van der Waals surface area contributed by atoms with Crippen LogP contribution in [0.15, 0.2) is 153 Å². The van der Waals surface area contributed by atoms with Crippen molar-refractivity contribution < 1.29 is 16.8 Å². The molecule has 0 radical (unpaired) electrons. The van der Waals surface area contributed by atoms with E-state index in [1.807, 2.05) is 60.7 Å². The molecular weight excluding hydrogens is 488 g/mol. The Kier molecular flexibility index (Phi) is 6.31. The molecule has 4 nitrogen and oxygen atoms in total. The maximum atomic E-state index is 13.3. The summed E-state index contributed by atoms with van der Waals surface area (Å²) in [6.45, 7) is 0. The lowest BCUT2D eigenvalue weighted by Crippen LogP contribution is -2.06. The van der Waals surface area contributed by atoms with Gasteiger partial charge in [0.25, 0.3) is 0 Å². The molecule has 0 unspecified atom stereocenters. The van der Waals surface area contributed by atoms with Gasteiger partial charge in [0, 0.05) is 0 Å². The van der Waals surface area contributed by atoms with Gasteiger partial charge in [-0.15, -0.1) is 0 Å². The van der Waals surface area contributed by atoms with E-state index in [0.29, 0.717) is 0 Å². The molecule has 0 N–H and O–H groups in total. The summed E-state index contributed by atoms with van der Waals surface area (Å²) in [4.78, 5) is 0.0572. The van der Waals surface area contributed by atoms with Crippen LogP contribution in [0.5, 0.6) is 0 Å². The normalized spacial score (nSPS) is 11.8. The molecule has 0 amide bonds. The summed E-state index contributed by atoms with van der Waals surface area (Å²) in [5.41, 5.74) is 3.75. The fourth-order valence-electron chi connectivity index (χ4n) is 3.99. The van der Waals surface area contributed by atoms with E-state index in [9.17, 15) is 16.8 Å². The minimum Gasteiger partial charge on any atom is -0.219 e. The van der Waals surface area contributed by atoms with E-state index in [2.05, 4.69) is 0 Å². The fourth-order valence-corrected chi connectivity index (χ4v) is 6.68. The Morgan fingerprint density at radius 3 is 1.00 bits per heavy atom. The first-order valence-corrected chi connectivity index (χ1v) is 14.2. The van der Waals surface area contributed by atoms with Gasteiger partial charge in [-0.3, -0.25) is 0 Å². The highest BCUT2D eigenvalue weighted by Gasteiger charge is 2.23. The number of rotatable bonds is 6. The molecule has 0 heterocycles. The second-order valence-electron chi connectivity index (χ2n) is 8.26. The molecule has 0 aliphatic carbocycles. The van der Waals surface area contributed by atoms with Gasteiger partial charge in [-0.2, -0.15) is 0 Å². The van der Waals surface area contributed by atoms with Crippen molar-refractivity contribution in [2.24, 2.45) is 0 Å². The van der Waals surface area contributed by atoms with Crippen molar-refractivity contribution in [1.82, 2.24) is 0 Å². The van der Waals surface area contributed by atoms with Crippen molar-refractivity contribution in [3.05, 3.63) is 133 Å². The Hall–Kier alpha value is -4.00. The van der Waals surface area contributed by atoms with Crippen LogP contribution in [0.1, 0.15) is 0 Å². The molecule has 5 rings (SSSR count). The van der Waals surface area contributed by atoms with E-state index >= 15 is 0 Å². The molecule has 0 saturated heterocycles. The van der Waals surface area contributed by atoms with Crippen LogP contribution in [-0.2, 0) is 19.7 Å². The minimum atomic E-state index is -3.91. The van der Waals surface area contributed by atoms with Crippen molar-refractivity contribution in [3.63, 3.8) is 0 Å². The van der Waals surface area contributed by atoms with Gasteiger partial charge in [0.15, 0.2) is 0 Å². The smallest absolute Gasteiger partial charge is 0.206 e. The van der Waals surface area contributed by atoms with Crippen molar-refractivity contribution in [1.29, 1.82) is 0 Å². The molecule has 178 valence electrons. The molecule has 0 saturated carbocycles. The molecular formula is C30H22O4S2. The maximum Gasteiger partial charge on any atom is 0.206 e. The van der Waals surface area contributed by atoms with E-state index in [1.165, 1.54) is 24.3 Å². The predicted molar refractivity (Wildman–Crippen MR) is 141 cm³/mol. The zero-order valence-corrected chi connectivity index (χ0v) is 20.8. The topological polar surface area (TPSA) is 68.3 Å². The molecule has 0 bridgehead atoms. The van der Waals surface area contributed by atoms with E-state index in [0.717, 1.165) is 22.3 Å². The van der Waals surface area contributed by atoms with Crippen LogP contribution in [0.25, 0.3) is 22.3 Å². The van der Waals surface area contributed by atoms with Gasteiger partial charge in [0.1, 0.15) is 0 Å². The van der Waals surface area contributed by atoms with Crippen LogP contribution in [0.2, 0.25) is 0 Å². The summed E-state index contributed by atoms with van der Waals surface area (Å²) < 4.78 is 53.2. The largest absolute Gasteiger partial charge is 0.219 e. The van der Waals surface area contributed by atoms with E-state index in [1.54, 1.807) is 48.5 Å². The Bertz CT molecular complexity index is 1580. The molecule has 5 aromatic rings. The van der Waals surface area contributed by atoms with E-state index < -0.39 is 19.7 Å². The quantitative estimate of drug-likeness (QED) is 0.255. The van der Waals surface area contributed by atoms with Gasteiger partial charge in [-0.1, -0.05) is 91.0 Å². The Morgan fingerprint density at radius 2 is 0.639 bits per heavy atom. The van der Waals surface area contributed by atoms with Crippen LogP contribution in [0.4, 0.5) is 0 Å². The molecule has 0 fully saturated rings. The van der Waals surface area contributed by atoms with Crippen LogP contribution >= 0.6 is 0 Å². The van der Waals surface area contributed by atoms with Gasteiger partial charge in [0.05, 0.1) is 19.6 Å². The Labute approximate surface area is 211 Å². The lowest BCUT2D eigenvalue weighted by atomic mass is 10.1. The van der Waals surface area contributed by atoms with Crippen LogP contribution < -0.4 is 0 Å². The lowest BCUT2D eigenvalue weighted by Gasteiger charge is -2.10. The standard InChI is InChI=1S/C30H22O4S2/c31-35(32,27-18-14-25(15-19-27)23-8-3-1-4-9-23)29-12-7-13-30(22-29)36(33,34)28-20-16-26(17-21-28)24-10-5-2-6-11-24/h1-22H. The van der Waals surface area contributed by atoms with Gasteiger partial charge < -0.3 is 0 Å². The monoisotopic (exact) mass is 510 g/mol. The summed E-state index contributed by atoms with van der Waals surface area (Å²) in [6, 6.07) is 38.0. The first-order valence-electron chi connectivity index (χ1n) is 11.3. The highest BCUT2D eigenvalue weighted by Crippen LogP contribution is 2.29. The summed E-state index contributed by atoms with van der Waals surface area (Å²) in [6.07, 6.45) is 0. The molecule has 0 aromatic heterocycles. The van der Waals surface area contributed by atoms with Crippen LogP contribution in [0.3, 0.4) is 0 Å². The minimum absolute atomic E-state index is 0.0723. The molecule has 6 heteroatoms. The predicted octanol–water partition coefficient (Wildman–Crippen LogP) is 6.69. The van der Waals surface area contributed by atoms with Crippen molar-refractivity contribution in [2.75, 3.05) is 0 Å². The van der Waals surface area contributed by atoms with Crippen LogP contribution in [0, 0.1) is 0 Å². The number of hydrogen-bond donors (Lipinski definition) is 0. The SMILES string of the molecule is O=S(=O)(c1ccc(-c2ccccc2)cc1)c1cccc(S(=O)(=O)c2ccc(-c3ccccc3)cc2)c1. The molecule has 0 aliphatic heterocycles. The highest BCUT2D eigenvalue weighted by molar-refractivity contribution is 7.92. The first kappa shape index (κ1) is 23.7. The van der Waals surface area contributed by atoms with Gasteiger partial charge in [-0.05, 0) is 64.7 Å². The average Bonchev–Trinajstić information content (AvgIpc) is 2.94. The summed E-state index contributed by atoms with van der Waals surface area (Å²) >= 11 is 0. The van der Waals surface area contributed by atoms with Gasteiger partial charge >= 0.3 is 0 Å². The molecule has 5 aromatic carbocycles. The van der Waals surface area contributed by atoms with E-state index in [4.69, 9.17) is 0 Å². The third-order valence-electron chi connectivity index (χ3n) is 5.97. The second-order valence-corrected chi connectivity index (χ2v) is 12.2. The zero-order valence-electron chi connectivity index (χ0n) is 19.2. The average molecular weight is 511 g/mol. The molecule has 0 atom stereocenters. The van der Waals surface area contributed by atoms with Crippen molar-refractivity contribution in [3.8, 4) is 22.3 Å². The Balaban J connectivity index is 1.45. The highest BCUT2D eigenvalue weighted by atomic mass is 32.2. The van der Waals surface area contributed by atoms with Crippen LogP contribution in [-0.4, -0.2) is 16.8 Å². The van der Waals surface area contributed by atoms with Crippen molar-refractivity contribution >= 4 is 19.7 Å². The van der Waals surface area contributed by atoms with Crippen molar-refractivity contribution in [2.45, 2.75) is 19.6 Å². The second kappa shape index (κ2) is 9.57. The maximum absolute atomic E-state index is 13.3. The lowest BCUT2D eigenvalue weighted by molar-refractivity contribution is 0.594. The summed E-state index contributed by atoms with van der Waals surface area (Å²) in [5, 5.41) is 0. The summed E-state index contributed by atoms with van der Waals surface area (Å²) in [7, 11) is -7.82. The van der Waals surface area contributed by atoms with E-state index in [-0.39, 0.29) is 19.6 Å². The van der Waals surface area contributed by atoms with Gasteiger partial charge in [0.2, 0.25) is 19.7 Å². The fraction of sp³-hybridized carbons (Fsp3) is 0. The molecule has 36 heavy (non-hydrogen) atoms. The van der Waals surface area contributed by atoms with Gasteiger partial charge in [-0.25, -0.2) is 16.8 Å². The number of benzene rings is 5. The number of sulfone groups is 2. The zero-order chi connectivity index (χ0) is 25.2. The summed E-state index contributed by atoms with van der Waals surface area (Å²) in [5.74, 6) is 0. The molecule has 0 spiro atoms. The molecule has 0 aliphatic rings. The number of hydrogen-bond acceptors (Lipinski definition) is 4. The third kappa shape index (κ3) is 4.61. The Morgan fingerprint density at radius 1 is 0.306 bits per heavy atom. The first-order chi connectivity index (χ1) is 17.4.